The fourth-order valence-electron chi connectivity index (χ4n) is 2.30. The van der Waals surface area contributed by atoms with E-state index in [4.69, 9.17) is 10.8 Å². The number of hydrogen-bond donors (Lipinski definition) is 2. The summed E-state index contributed by atoms with van der Waals surface area (Å²) >= 11 is 0. The Morgan fingerprint density at radius 3 is 2.52 bits per heavy atom. The molecular formula is C15H20F3NO2. The van der Waals surface area contributed by atoms with Crippen LogP contribution in [0.1, 0.15) is 30.9 Å². The first-order valence-corrected chi connectivity index (χ1v) is 6.86. The van der Waals surface area contributed by atoms with Crippen molar-refractivity contribution < 1.29 is 23.1 Å². The summed E-state index contributed by atoms with van der Waals surface area (Å²) in [4.78, 5) is 11.0. The minimum Gasteiger partial charge on any atom is -0.481 e. The summed E-state index contributed by atoms with van der Waals surface area (Å²) in [7, 11) is 0. The maximum absolute atomic E-state index is 12.7. The fraction of sp³-hybridized carbons (Fsp3) is 0.533. The highest BCUT2D eigenvalue weighted by Gasteiger charge is 2.30. The average molecular weight is 303 g/mol. The molecule has 3 nitrogen and oxygen atoms in total. The molecule has 0 radical (unpaired) electrons. The molecule has 21 heavy (non-hydrogen) atoms. The zero-order chi connectivity index (χ0) is 16.0. The van der Waals surface area contributed by atoms with Gasteiger partial charge in [-0.15, -0.1) is 0 Å². The summed E-state index contributed by atoms with van der Waals surface area (Å²) in [5, 5.41) is 9.01. The third-order valence-electron chi connectivity index (χ3n) is 3.61. The Labute approximate surface area is 122 Å². The van der Waals surface area contributed by atoms with Crippen LogP contribution in [0.3, 0.4) is 0 Å². The van der Waals surface area contributed by atoms with Crippen molar-refractivity contribution in [1.82, 2.24) is 0 Å². The van der Waals surface area contributed by atoms with E-state index in [2.05, 4.69) is 0 Å². The predicted octanol–water partition coefficient (Wildman–Crippen LogP) is 3.32. The second-order valence-electron chi connectivity index (χ2n) is 5.18. The normalized spacial score (nSPS) is 14.7. The maximum atomic E-state index is 12.7. The standard InChI is InChI=1S/C15H20F3NO2/c1-2-10(7-12(9-19)14(20)21)6-11-4-3-5-13(8-11)15(16,17)18/h3-5,8,10,12H,2,6-7,9,19H2,1H3,(H,20,21). The van der Waals surface area contributed by atoms with Crippen molar-refractivity contribution in [1.29, 1.82) is 0 Å². The molecule has 1 rings (SSSR count). The predicted molar refractivity (Wildman–Crippen MR) is 73.7 cm³/mol. The number of halogens is 3. The van der Waals surface area contributed by atoms with Gasteiger partial charge in [-0.3, -0.25) is 4.79 Å². The van der Waals surface area contributed by atoms with Crippen LogP contribution in [0.2, 0.25) is 0 Å². The van der Waals surface area contributed by atoms with Crippen LogP contribution in [-0.4, -0.2) is 17.6 Å². The van der Waals surface area contributed by atoms with Gasteiger partial charge in [0.15, 0.2) is 0 Å². The molecular weight excluding hydrogens is 283 g/mol. The molecule has 0 saturated carbocycles. The lowest BCUT2D eigenvalue weighted by atomic mass is 9.87. The Morgan fingerprint density at radius 1 is 1.38 bits per heavy atom. The zero-order valence-electron chi connectivity index (χ0n) is 11.9. The quantitative estimate of drug-likeness (QED) is 0.812. The summed E-state index contributed by atoms with van der Waals surface area (Å²) in [6.07, 6.45) is -2.87. The molecule has 0 aromatic heterocycles. The number of alkyl halides is 3. The van der Waals surface area contributed by atoms with Gasteiger partial charge in [0.05, 0.1) is 11.5 Å². The summed E-state index contributed by atoms with van der Waals surface area (Å²) in [6.45, 7) is 1.93. The van der Waals surface area contributed by atoms with Crippen LogP contribution >= 0.6 is 0 Å². The lowest BCUT2D eigenvalue weighted by Crippen LogP contribution is -2.26. The highest BCUT2D eigenvalue weighted by Crippen LogP contribution is 2.30. The minimum atomic E-state index is -4.36. The second-order valence-corrected chi connectivity index (χ2v) is 5.18. The number of benzene rings is 1. The van der Waals surface area contributed by atoms with E-state index < -0.39 is 23.6 Å². The molecule has 0 spiro atoms. The van der Waals surface area contributed by atoms with Gasteiger partial charge in [0.2, 0.25) is 0 Å². The van der Waals surface area contributed by atoms with E-state index >= 15 is 0 Å². The van der Waals surface area contributed by atoms with Crippen LogP contribution in [-0.2, 0) is 17.4 Å². The number of hydrogen-bond acceptors (Lipinski definition) is 2. The molecule has 0 bridgehead atoms. The van der Waals surface area contributed by atoms with Crippen LogP contribution in [0.4, 0.5) is 13.2 Å². The number of carboxylic acid groups (broad SMARTS) is 1. The molecule has 2 unspecified atom stereocenters. The van der Waals surface area contributed by atoms with Crippen molar-refractivity contribution >= 4 is 5.97 Å². The Morgan fingerprint density at radius 2 is 2.05 bits per heavy atom. The van der Waals surface area contributed by atoms with Crippen LogP contribution in [0.5, 0.6) is 0 Å². The van der Waals surface area contributed by atoms with Gasteiger partial charge in [0.25, 0.3) is 0 Å². The van der Waals surface area contributed by atoms with E-state index in [1.165, 1.54) is 6.07 Å². The molecule has 1 aromatic rings. The SMILES string of the molecule is CCC(Cc1cccc(C(F)(F)F)c1)CC(CN)C(=O)O. The summed E-state index contributed by atoms with van der Waals surface area (Å²) in [6, 6.07) is 5.17. The van der Waals surface area contributed by atoms with E-state index in [1.54, 1.807) is 6.07 Å². The van der Waals surface area contributed by atoms with Gasteiger partial charge in [0, 0.05) is 6.54 Å². The Hall–Kier alpha value is -1.56. The van der Waals surface area contributed by atoms with Crippen LogP contribution < -0.4 is 5.73 Å². The van der Waals surface area contributed by atoms with Crippen molar-refractivity contribution in [3.8, 4) is 0 Å². The summed E-state index contributed by atoms with van der Waals surface area (Å²) < 4.78 is 38.0. The lowest BCUT2D eigenvalue weighted by Gasteiger charge is -2.19. The molecule has 0 saturated heterocycles. The number of rotatable bonds is 7. The molecule has 0 amide bonds. The Bertz CT molecular complexity index is 474. The molecule has 0 aliphatic carbocycles. The maximum Gasteiger partial charge on any atom is 0.416 e. The van der Waals surface area contributed by atoms with E-state index in [9.17, 15) is 18.0 Å². The third kappa shape index (κ3) is 5.38. The van der Waals surface area contributed by atoms with Gasteiger partial charge in [-0.05, 0) is 30.4 Å². The fourth-order valence-corrected chi connectivity index (χ4v) is 2.30. The first-order chi connectivity index (χ1) is 9.77. The number of carboxylic acids is 1. The van der Waals surface area contributed by atoms with Gasteiger partial charge in [-0.2, -0.15) is 13.2 Å². The van der Waals surface area contributed by atoms with Crippen LogP contribution in [0.15, 0.2) is 24.3 Å². The van der Waals surface area contributed by atoms with Gasteiger partial charge < -0.3 is 10.8 Å². The molecule has 3 N–H and O–H groups in total. The topological polar surface area (TPSA) is 63.3 Å². The van der Waals surface area contributed by atoms with Gasteiger partial charge in [-0.25, -0.2) is 0 Å². The molecule has 118 valence electrons. The van der Waals surface area contributed by atoms with Gasteiger partial charge in [-0.1, -0.05) is 31.5 Å². The van der Waals surface area contributed by atoms with Crippen molar-refractivity contribution in [3.05, 3.63) is 35.4 Å². The summed E-state index contributed by atoms with van der Waals surface area (Å²) in [5.41, 5.74) is 5.31. The van der Waals surface area contributed by atoms with Gasteiger partial charge >= 0.3 is 12.1 Å². The smallest absolute Gasteiger partial charge is 0.416 e. The van der Waals surface area contributed by atoms with E-state index in [0.29, 0.717) is 24.8 Å². The molecule has 6 heteroatoms. The first kappa shape index (κ1) is 17.5. The minimum absolute atomic E-state index is 0.00173. The zero-order valence-corrected chi connectivity index (χ0v) is 11.9. The van der Waals surface area contributed by atoms with E-state index in [1.807, 2.05) is 6.92 Å². The first-order valence-electron chi connectivity index (χ1n) is 6.86. The molecule has 0 heterocycles. The van der Waals surface area contributed by atoms with Crippen molar-refractivity contribution in [2.75, 3.05) is 6.54 Å². The average Bonchev–Trinajstić information content (AvgIpc) is 2.42. The molecule has 2 atom stereocenters. The third-order valence-corrected chi connectivity index (χ3v) is 3.61. The van der Waals surface area contributed by atoms with E-state index in [-0.39, 0.29) is 12.5 Å². The molecule has 0 fully saturated rings. The lowest BCUT2D eigenvalue weighted by molar-refractivity contribution is -0.142. The molecule has 0 aliphatic heterocycles. The van der Waals surface area contributed by atoms with Crippen molar-refractivity contribution in [2.24, 2.45) is 17.6 Å². The number of nitrogens with two attached hydrogens (primary N) is 1. The van der Waals surface area contributed by atoms with Crippen molar-refractivity contribution in [2.45, 2.75) is 32.4 Å². The largest absolute Gasteiger partial charge is 0.481 e. The van der Waals surface area contributed by atoms with Gasteiger partial charge in [0.1, 0.15) is 0 Å². The Balaban J connectivity index is 2.80. The van der Waals surface area contributed by atoms with Crippen LogP contribution in [0, 0.1) is 11.8 Å². The molecule has 1 aromatic carbocycles. The number of carbonyl (C=O) groups is 1. The highest BCUT2D eigenvalue weighted by atomic mass is 19.4. The van der Waals surface area contributed by atoms with Crippen LogP contribution in [0.25, 0.3) is 0 Å². The van der Waals surface area contributed by atoms with Crippen molar-refractivity contribution in [3.63, 3.8) is 0 Å². The summed E-state index contributed by atoms with van der Waals surface area (Å²) in [5.74, 6) is -1.61. The monoisotopic (exact) mass is 303 g/mol. The Kier molecular flexibility index (Phi) is 6.20. The highest BCUT2D eigenvalue weighted by molar-refractivity contribution is 5.70. The molecule has 0 aliphatic rings. The number of aliphatic carboxylic acids is 1. The van der Waals surface area contributed by atoms with E-state index in [0.717, 1.165) is 12.1 Å². The second kappa shape index (κ2) is 7.45.